The third kappa shape index (κ3) is 3.08. The first-order valence-corrected chi connectivity index (χ1v) is 10.9. The maximum absolute atomic E-state index is 2.72. The normalized spacial score (nSPS) is 24.3. The molecule has 2 aliphatic heterocycles. The van der Waals surface area contributed by atoms with Crippen LogP contribution in [-0.2, 0) is 0 Å². The Bertz CT molecular complexity index is 766. The molecule has 0 bridgehead atoms. The Morgan fingerprint density at radius 3 is 2.71 bits per heavy atom. The van der Waals surface area contributed by atoms with Crippen LogP contribution in [0.15, 0.2) is 57.9 Å². The molecular formula is C20H24N2S2. The second kappa shape index (κ2) is 7.04. The van der Waals surface area contributed by atoms with E-state index < -0.39 is 0 Å². The average Bonchev–Trinajstić information content (AvgIpc) is 2.79. The Balaban J connectivity index is 1.87. The van der Waals surface area contributed by atoms with Gasteiger partial charge in [0.25, 0.3) is 0 Å². The topological polar surface area (TPSA) is 6.48 Å². The minimum Gasteiger partial charge on any atom is -0.304 e. The van der Waals surface area contributed by atoms with Crippen molar-refractivity contribution in [2.45, 2.75) is 16.2 Å². The van der Waals surface area contributed by atoms with Crippen molar-refractivity contribution < 1.29 is 0 Å². The molecule has 3 aliphatic rings. The molecule has 0 aromatic heterocycles. The van der Waals surface area contributed by atoms with E-state index in [0.717, 1.165) is 32.6 Å². The molecule has 0 spiro atoms. The fourth-order valence-corrected chi connectivity index (χ4v) is 6.53. The number of nitrogens with zero attached hydrogens (tertiary/aromatic N) is 2. The van der Waals surface area contributed by atoms with E-state index in [0.29, 0.717) is 0 Å². The number of allylic oxidation sites excluding steroid dienone is 5. The first kappa shape index (κ1) is 16.4. The molecule has 24 heavy (non-hydrogen) atoms. The van der Waals surface area contributed by atoms with Gasteiger partial charge in [0.15, 0.2) is 0 Å². The fourth-order valence-electron chi connectivity index (χ4n) is 3.42. The van der Waals surface area contributed by atoms with Crippen LogP contribution in [0.4, 0.5) is 0 Å². The number of fused-ring (bicyclic) bond motifs is 2. The van der Waals surface area contributed by atoms with Gasteiger partial charge in [0.2, 0.25) is 0 Å². The van der Waals surface area contributed by atoms with Gasteiger partial charge in [-0.25, -0.2) is 4.31 Å². The lowest BCUT2D eigenvalue weighted by molar-refractivity contribution is 0.233. The highest BCUT2D eigenvalue weighted by atomic mass is 32.2. The number of piperazine rings is 1. The molecule has 1 aliphatic carbocycles. The molecule has 1 unspecified atom stereocenters. The van der Waals surface area contributed by atoms with Crippen molar-refractivity contribution in [3.63, 3.8) is 0 Å². The van der Waals surface area contributed by atoms with E-state index in [1.807, 2.05) is 11.8 Å². The molecule has 1 fully saturated rings. The number of thioether (sulfide) groups is 1. The summed E-state index contributed by atoms with van der Waals surface area (Å²) in [5.74, 6) is 0. The van der Waals surface area contributed by atoms with Crippen LogP contribution >= 0.6 is 22.4 Å². The largest absolute Gasteiger partial charge is 0.304 e. The summed E-state index contributed by atoms with van der Waals surface area (Å²) in [4.78, 5) is 6.91. The molecule has 4 rings (SSSR count). The minimum atomic E-state index is 0.0612. The third-order valence-corrected chi connectivity index (χ3v) is 8.11. The Labute approximate surface area is 152 Å². The van der Waals surface area contributed by atoms with Crippen molar-refractivity contribution >= 4 is 33.4 Å². The van der Waals surface area contributed by atoms with E-state index in [-0.39, 0.29) is 10.7 Å². The number of hydrogen-bond donors (Lipinski definition) is 0. The number of rotatable bonds is 2. The van der Waals surface area contributed by atoms with Crippen LogP contribution in [-0.4, -0.2) is 53.6 Å². The van der Waals surface area contributed by atoms with Crippen molar-refractivity contribution in [3.05, 3.63) is 53.6 Å². The molecule has 126 valence electrons. The minimum absolute atomic E-state index is 0.0612. The SMILES string of the molecule is CSc1ccc2c(c1)S(N1CCN(C)CC1)=C1CC=CC=C1C=C2. The zero-order valence-corrected chi connectivity index (χ0v) is 16.0. The van der Waals surface area contributed by atoms with Gasteiger partial charge in [-0.15, -0.1) is 11.8 Å². The molecule has 1 aromatic carbocycles. The second-order valence-electron chi connectivity index (χ2n) is 6.43. The van der Waals surface area contributed by atoms with Gasteiger partial charge in [-0.3, -0.25) is 0 Å². The van der Waals surface area contributed by atoms with E-state index in [2.05, 4.69) is 71.1 Å². The highest BCUT2D eigenvalue weighted by Crippen LogP contribution is 2.43. The smallest absolute Gasteiger partial charge is 0.0246 e. The summed E-state index contributed by atoms with van der Waals surface area (Å²) < 4.78 is 2.72. The summed E-state index contributed by atoms with van der Waals surface area (Å²) in [7, 11) is 2.29. The molecule has 2 nitrogen and oxygen atoms in total. The average molecular weight is 357 g/mol. The van der Waals surface area contributed by atoms with E-state index >= 15 is 0 Å². The monoisotopic (exact) mass is 356 g/mol. The van der Waals surface area contributed by atoms with Crippen LogP contribution < -0.4 is 0 Å². The molecule has 1 aromatic rings. The lowest BCUT2D eigenvalue weighted by Gasteiger charge is -2.36. The number of likely N-dealkylation sites (N-methyl/N-ethyl adjacent to an activating group) is 1. The number of hydrogen-bond acceptors (Lipinski definition) is 3. The second-order valence-corrected chi connectivity index (χ2v) is 9.33. The summed E-state index contributed by atoms with van der Waals surface area (Å²) in [5.41, 5.74) is 2.81. The first-order valence-electron chi connectivity index (χ1n) is 8.53. The van der Waals surface area contributed by atoms with Crippen LogP contribution in [0.3, 0.4) is 0 Å². The molecule has 0 N–H and O–H groups in total. The standard InChI is InChI=1S/C20H24N2S2/c1-21-11-13-22(14-12-21)24-19-6-4-3-5-16(19)7-8-17-9-10-18(23-2)15-20(17)24/h3-5,7-10,15H,6,11-14H2,1-2H3. The van der Waals surface area contributed by atoms with E-state index in [4.69, 9.17) is 0 Å². The lowest BCUT2D eigenvalue weighted by atomic mass is 10.0. The van der Waals surface area contributed by atoms with E-state index in [1.165, 1.54) is 20.9 Å². The van der Waals surface area contributed by atoms with Crippen LogP contribution in [0, 0.1) is 0 Å². The highest BCUT2D eigenvalue weighted by molar-refractivity contribution is 8.14. The molecule has 0 saturated carbocycles. The molecule has 2 heterocycles. The summed E-state index contributed by atoms with van der Waals surface area (Å²) in [6.07, 6.45) is 14.7. The molecule has 0 radical (unpaired) electrons. The molecule has 1 atom stereocenters. The van der Waals surface area contributed by atoms with Crippen molar-refractivity contribution in [2.24, 2.45) is 0 Å². The zero-order valence-electron chi connectivity index (χ0n) is 14.4. The van der Waals surface area contributed by atoms with Gasteiger partial charge in [0.05, 0.1) is 0 Å². The predicted octanol–water partition coefficient (Wildman–Crippen LogP) is 4.28. The van der Waals surface area contributed by atoms with Gasteiger partial charge in [0.1, 0.15) is 0 Å². The van der Waals surface area contributed by atoms with Crippen LogP contribution in [0.2, 0.25) is 0 Å². The zero-order chi connectivity index (χ0) is 16.5. The Kier molecular flexibility index (Phi) is 4.81. The van der Waals surface area contributed by atoms with Gasteiger partial charge in [0, 0.05) is 40.8 Å². The van der Waals surface area contributed by atoms with Crippen molar-refractivity contribution in [1.29, 1.82) is 0 Å². The lowest BCUT2D eigenvalue weighted by Crippen LogP contribution is -2.42. The van der Waals surface area contributed by atoms with Gasteiger partial charge < -0.3 is 4.90 Å². The number of benzene rings is 1. The Hall–Kier alpha value is -1.07. The molecule has 0 amide bonds. The Morgan fingerprint density at radius 1 is 1.08 bits per heavy atom. The fraction of sp³-hybridized carbons (Fsp3) is 0.350. The van der Waals surface area contributed by atoms with Crippen LogP contribution in [0.5, 0.6) is 0 Å². The van der Waals surface area contributed by atoms with Gasteiger partial charge >= 0.3 is 0 Å². The predicted molar refractivity (Wildman–Crippen MR) is 109 cm³/mol. The van der Waals surface area contributed by atoms with Crippen molar-refractivity contribution in [3.8, 4) is 0 Å². The maximum Gasteiger partial charge on any atom is 0.0246 e. The highest BCUT2D eigenvalue weighted by Gasteiger charge is 2.25. The third-order valence-electron chi connectivity index (χ3n) is 4.86. The van der Waals surface area contributed by atoms with Crippen LogP contribution in [0.1, 0.15) is 12.0 Å². The summed E-state index contributed by atoms with van der Waals surface area (Å²) in [6.45, 7) is 4.64. The van der Waals surface area contributed by atoms with Crippen molar-refractivity contribution in [1.82, 2.24) is 9.21 Å². The van der Waals surface area contributed by atoms with E-state index in [9.17, 15) is 0 Å². The first-order chi connectivity index (χ1) is 11.8. The maximum atomic E-state index is 2.72. The summed E-state index contributed by atoms with van der Waals surface area (Å²) in [6, 6.07) is 6.99. The van der Waals surface area contributed by atoms with Gasteiger partial charge in [-0.05, 0) is 43.0 Å². The van der Waals surface area contributed by atoms with Crippen LogP contribution in [0.25, 0.3) is 6.08 Å². The Morgan fingerprint density at radius 2 is 1.92 bits per heavy atom. The van der Waals surface area contributed by atoms with Gasteiger partial charge in [-0.2, -0.15) is 0 Å². The molecular weight excluding hydrogens is 332 g/mol. The van der Waals surface area contributed by atoms with Crippen molar-refractivity contribution in [2.75, 3.05) is 39.5 Å². The molecule has 1 saturated heterocycles. The summed E-state index contributed by atoms with van der Waals surface area (Å²) >= 11 is 1.84. The molecule has 4 heteroatoms. The van der Waals surface area contributed by atoms with E-state index in [1.54, 1.807) is 4.86 Å². The summed E-state index contributed by atoms with van der Waals surface area (Å²) in [5, 5.41) is 0. The quantitative estimate of drug-likeness (QED) is 0.577. The van der Waals surface area contributed by atoms with Gasteiger partial charge in [-0.1, -0.05) is 47.1 Å².